The van der Waals surface area contributed by atoms with E-state index in [2.05, 4.69) is 51.6 Å². The Balaban J connectivity index is 1.08. The SMILES string of the molecule is CN(C)C1CCN(c2ccc(Nc3nc(-c4ccc(F)c(NC(=O)c5cc6c(s5)C5CCC6C5)c4)cn(C)c3=O)cc2)CC1. The van der Waals surface area contributed by atoms with Crippen molar-refractivity contribution in [1.82, 2.24) is 14.5 Å². The summed E-state index contributed by atoms with van der Waals surface area (Å²) in [7, 11) is 5.94. The number of aryl methyl sites for hydroxylation is 1. The highest BCUT2D eigenvalue weighted by atomic mass is 32.1. The van der Waals surface area contributed by atoms with Crippen LogP contribution in [0.2, 0.25) is 0 Å². The van der Waals surface area contributed by atoms with Gasteiger partial charge in [-0.2, -0.15) is 0 Å². The van der Waals surface area contributed by atoms with Gasteiger partial charge >= 0.3 is 0 Å². The largest absolute Gasteiger partial charge is 0.371 e. The third-order valence-electron chi connectivity index (χ3n) is 9.53. The number of amides is 1. The summed E-state index contributed by atoms with van der Waals surface area (Å²) in [5.74, 6) is 0.475. The number of aromatic nitrogens is 2. The van der Waals surface area contributed by atoms with Gasteiger partial charge in [0.1, 0.15) is 5.82 Å². The maximum absolute atomic E-state index is 14.9. The van der Waals surface area contributed by atoms with Gasteiger partial charge in [0.2, 0.25) is 0 Å². The first-order valence-electron chi connectivity index (χ1n) is 15.3. The van der Waals surface area contributed by atoms with E-state index < -0.39 is 5.82 Å². The van der Waals surface area contributed by atoms with E-state index >= 15 is 0 Å². The van der Waals surface area contributed by atoms with Crippen LogP contribution in [0.15, 0.2) is 59.5 Å². The zero-order valence-corrected chi connectivity index (χ0v) is 26.1. The number of fused-ring (bicyclic) bond motifs is 5. The third-order valence-corrected chi connectivity index (χ3v) is 10.8. The van der Waals surface area contributed by atoms with Crippen LogP contribution in [0.3, 0.4) is 0 Å². The van der Waals surface area contributed by atoms with Crippen LogP contribution < -0.4 is 21.1 Å². The Morgan fingerprint density at radius 1 is 1.02 bits per heavy atom. The van der Waals surface area contributed by atoms with Crippen molar-refractivity contribution in [2.45, 2.75) is 50.0 Å². The number of anilines is 4. The number of rotatable bonds is 7. The van der Waals surface area contributed by atoms with Crippen molar-refractivity contribution in [2.75, 3.05) is 42.7 Å². The molecule has 3 heterocycles. The van der Waals surface area contributed by atoms with Crippen LogP contribution in [0, 0.1) is 5.82 Å². The van der Waals surface area contributed by atoms with E-state index in [9.17, 15) is 14.0 Å². The quantitative estimate of drug-likeness (QED) is 0.247. The molecule has 2 fully saturated rings. The predicted octanol–water partition coefficient (Wildman–Crippen LogP) is 6.54. The van der Waals surface area contributed by atoms with E-state index in [4.69, 9.17) is 0 Å². The van der Waals surface area contributed by atoms with Crippen LogP contribution in [-0.2, 0) is 7.05 Å². The number of hydrogen-bond donors (Lipinski definition) is 2. The van der Waals surface area contributed by atoms with E-state index in [1.165, 1.54) is 51.7 Å². The summed E-state index contributed by atoms with van der Waals surface area (Å²) >= 11 is 1.54. The standard InChI is InChI=1S/C34H37FN6O2S/c1-39(2)24-12-14-41(15-13-24)25-9-7-23(8-10-25)36-32-34(43)40(3)19-29(37-32)21-6-11-27(35)28(17-21)38-33(42)30-18-26-20-4-5-22(16-20)31(26)44-30/h6-11,17-20,22,24H,4-5,12-16H2,1-3H3,(H,36,37)(H,38,42). The molecule has 1 saturated carbocycles. The average molecular weight is 613 g/mol. The Morgan fingerprint density at radius 3 is 2.50 bits per heavy atom. The highest BCUT2D eigenvalue weighted by molar-refractivity contribution is 7.14. The molecule has 8 nitrogen and oxygen atoms in total. The number of nitrogens with one attached hydrogen (secondary N) is 2. The van der Waals surface area contributed by atoms with Crippen LogP contribution in [0.4, 0.5) is 27.3 Å². The fourth-order valence-corrected chi connectivity index (χ4v) is 8.29. The molecule has 0 radical (unpaired) electrons. The summed E-state index contributed by atoms with van der Waals surface area (Å²) in [6, 6.07) is 15.1. The van der Waals surface area contributed by atoms with Gasteiger partial charge in [-0.15, -0.1) is 11.3 Å². The van der Waals surface area contributed by atoms with Crippen molar-refractivity contribution in [1.29, 1.82) is 0 Å². The zero-order valence-electron chi connectivity index (χ0n) is 25.3. The number of benzene rings is 2. The smallest absolute Gasteiger partial charge is 0.293 e. The number of hydrogen-bond acceptors (Lipinski definition) is 7. The van der Waals surface area contributed by atoms with Gasteiger partial charge in [-0.05, 0) is 112 Å². The van der Waals surface area contributed by atoms with Crippen molar-refractivity contribution >= 4 is 40.1 Å². The first-order chi connectivity index (χ1) is 21.2. The maximum atomic E-state index is 14.9. The fourth-order valence-electron chi connectivity index (χ4n) is 7.00. The number of piperidine rings is 1. The second kappa shape index (κ2) is 11.5. The summed E-state index contributed by atoms with van der Waals surface area (Å²) in [5.41, 5.74) is 4.09. The van der Waals surface area contributed by atoms with Crippen LogP contribution >= 0.6 is 11.3 Å². The van der Waals surface area contributed by atoms with Gasteiger partial charge in [0.05, 0.1) is 16.3 Å². The Bertz CT molecular complexity index is 1750. The molecule has 2 atom stereocenters. The molecular formula is C34H37FN6O2S. The van der Waals surface area contributed by atoms with Gasteiger partial charge in [-0.25, -0.2) is 9.37 Å². The summed E-state index contributed by atoms with van der Waals surface area (Å²) in [4.78, 5) is 37.4. The van der Waals surface area contributed by atoms with Gasteiger partial charge in [0, 0.05) is 54.2 Å². The molecule has 1 saturated heterocycles. The van der Waals surface area contributed by atoms with Crippen molar-refractivity contribution in [3.05, 3.63) is 86.2 Å². The molecule has 2 aliphatic carbocycles. The van der Waals surface area contributed by atoms with E-state index in [-0.39, 0.29) is 23.0 Å². The predicted molar refractivity (Wildman–Crippen MR) is 175 cm³/mol. The lowest BCUT2D eigenvalue weighted by atomic mass is 9.99. The van der Waals surface area contributed by atoms with E-state index in [1.807, 2.05) is 18.2 Å². The third kappa shape index (κ3) is 5.41. The number of thiophene rings is 1. The molecule has 2 unspecified atom stereocenters. The second-order valence-corrected chi connectivity index (χ2v) is 13.6. The summed E-state index contributed by atoms with van der Waals surface area (Å²) in [6.45, 7) is 2.02. The second-order valence-electron chi connectivity index (χ2n) is 12.5. The average Bonchev–Trinajstić information content (AvgIpc) is 3.76. The Hall–Kier alpha value is -4.02. The van der Waals surface area contributed by atoms with E-state index in [0.717, 1.165) is 37.3 Å². The molecule has 44 heavy (non-hydrogen) atoms. The minimum absolute atomic E-state index is 0.0828. The molecule has 4 aromatic rings. The van der Waals surface area contributed by atoms with Crippen molar-refractivity contribution in [3.8, 4) is 11.3 Å². The molecule has 0 spiro atoms. The minimum atomic E-state index is -0.527. The molecule has 3 aliphatic rings. The summed E-state index contributed by atoms with van der Waals surface area (Å²) in [6.07, 6.45) is 7.46. The normalized spacial score (nSPS) is 19.4. The monoisotopic (exact) mass is 612 g/mol. The molecule has 2 bridgehead atoms. The van der Waals surface area contributed by atoms with Crippen LogP contribution in [0.1, 0.15) is 64.1 Å². The van der Waals surface area contributed by atoms with E-state index in [0.29, 0.717) is 34.0 Å². The Morgan fingerprint density at radius 2 is 1.77 bits per heavy atom. The lowest BCUT2D eigenvalue weighted by Crippen LogP contribution is -2.41. The zero-order chi connectivity index (χ0) is 30.5. The molecule has 7 rings (SSSR count). The number of halogens is 1. The molecule has 1 amide bonds. The van der Waals surface area contributed by atoms with Gasteiger partial charge in [-0.3, -0.25) is 9.59 Å². The summed E-state index contributed by atoms with van der Waals surface area (Å²) in [5, 5.41) is 5.95. The van der Waals surface area contributed by atoms with E-state index in [1.54, 1.807) is 25.4 Å². The number of carbonyl (C=O) groups excluding carboxylic acids is 1. The topological polar surface area (TPSA) is 82.5 Å². The highest BCUT2D eigenvalue weighted by Gasteiger charge is 2.39. The van der Waals surface area contributed by atoms with Crippen molar-refractivity contribution in [3.63, 3.8) is 0 Å². The maximum Gasteiger partial charge on any atom is 0.293 e. The minimum Gasteiger partial charge on any atom is -0.371 e. The first kappa shape index (κ1) is 28.7. The molecule has 2 aromatic heterocycles. The molecule has 228 valence electrons. The van der Waals surface area contributed by atoms with Crippen LogP contribution in [-0.4, -0.2) is 53.6 Å². The van der Waals surface area contributed by atoms with Gasteiger partial charge in [0.15, 0.2) is 5.82 Å². The Labute approximate surface area is 260 Å². The molecule has 10 heteroatoms. The lowest BCUT2D eigenvalue weighted by Gasteiger charge is -2.36. The van der Waals surface area contributed by atoms with Crippen LogP contribution in [0.25, 0.3) is 11.3 Å². The number of carbonyl (C=O) groups is 1. The summed E-state index contributed by atoms with van der Waals surface area (Å²) < 4.78 is 16.3. The van der Waals surface area contributed by atoms with Gasteiger partial charge < -0.3 is 25.0 Å². The number of nitrogens with zero attached hydrogens (tertiary/aromatic N) is 4. The Kier molecular flexibility index (Phi) is 7.50. The fraction of sp³-hybridized carbons (Fsp3) is 0.382. The highest BCUT2D eigenvalue weighted by Crippen LogP contribution is 2.56. The molecular weight excluding hydrogens is 575 g/mol. The lowest BCUT2D eigenvalue weighted by molar-refractivity contribution is 0.103. The molecule has 1 aliphatic heterocycles. The van der Waals surface area contributed by atoms with Crippen LogP contribution in [0.5, 0.6) is 0 Å². The molecule has 2 aromatic carbocycles. The van der Waals surface area contributed by atoms with Crippen molar-refractivity contribution < 1.29 is 9.18 Å². The van der Waals surface area contributed by atoms with Gasteiger partial charge in [0.25, 0.3) is 11.5 Å². The molecule has 2 N–H and O–H groups in total. The van der Waals surface area contributed by atoms with Crippen molar-refractivity contribution in [2.24, 2.45) is 7.05 Å². The van der Waals surface area contributed by atoms with Gasteiger partial charge in [-0.1, -0.05) is 0 Å². The first-order valence-corrected chi connectivity index (χ1v) is 16.2.